The van der Waals surface area contributed by atoms with Crippen molar-refractivity contribution in [1.82, 2.24) is 14.6 Å². The molecule has 0 saturated carbocycles. The monoisotopic (exact) mass is 292 g/mol. The van der Waals surface area contributed by atoms with Gasteiger partial charge in [-0.15, -0.1) is 0 Å². The van der Waals surface area contributed by atoms with Gasteiger partial charge in [-0.05, 0) is 37.5 Å². The summed E-state index contributed by atoms with van der Waals surface area (Å²) in [5.41, 5.74) is 4.63. The number of amides is 1. The fraction of sp³-hybridized carbons (Fsp3) is 0.235. The van der Waals surface area contributed by atoms with E-state index >= 15 is 0 Å². The van der Waals surface area contributed by atoms with Gasteiger partial charge in [0.05, 0.1) is 6.20 Å². The number of anilines is 1. The van der Waals surface area contributed by atoms with Crippen molar-refractivity contribution in [3.63, 3.8) is 0 Å². The highest BCUT2D eigenvalue weighted by Gasteiger charge is 2.26. The molecule has 0 atom stereocenters. The minimum atomic E-state index is -0.0292. The van der Waals surface area contributed by atoms with E-state index in [0.29, 0.717) is 11.2 Å². The van der Waals surface area contributed by atoms with Crippen LogP contribution in [0.2, 0.25) is 0 Å². The average molecular weight is 292 g/mol. The van der Waals surface area contributed by atoms with E-state index in [2.05, 4.69) is 29.1 Å². The second kappa shape index (κ2) is 4.94. The van der Waals surface area contributed by atoms with Gasteiger partial charge in [-0.1, -0.05) is 17.7 Å². The molecule has 1 aliphatic heterocycles. The fourth-order valence-electron chi connectivity index (χ4n) is 3.06. The predicted molar refractivity (Wildman–Crippen MR) is 84.2 cm³/mol. The Bertz CT molecular complexity index is 868. The Labute approximate surface area is 128 Å². The van der Waals surface area contributed by atoms with Crippen LogP contribution < -0.4 is 4.90 Å². The Kier molecular flexibility index (Phi) is 2.92. The molecule has 0 bridgehead atoms. The van der Waals surface area contributed by atoms with E-state index in [-0.39, 0.29) is 5.91 Å². The van der Waals surface area contributed by atoms with Crippen molar-refractivity contribution in [2.45, 2.75) is 19.8 Å². The van der Waals surface area contributed by atoms with Crippen molar-refractivity contribution in [3.8, 4) is 0 Å². The van der Waals surface area contributed by atoms with Crippen LogP contribution in [0.3, 0.4) is 0 Å². The second-order valence-electron chi connectivity index (χ2n) is 5.64. The van der Waals surface area contributed by atoms with Crippen LogP contribution in [0.5, 0.6) is 0 Å². The SMILES string of the molecule is Cc1ccc2c(c1)CCCN2C(=O)c1cnn2cccnc12. The Hall–Kier alpha value is -2.69. The Balaban J connectivity index is 1.78. The third-order valence-electron chi connectivity index (χ3n) is 4.11. The lowest BCUT2D eigenvalue weighted by atomic mass is 9.99. The number of aryl methyl sites for hydroxylation is 2. The first-order valence-electron chi connectivity index (χ1n) is 7.44. The summed E-state index contributed by atoms with van der Waals surface area (Å²) in [5, 5.41) is 4.21. The molecule has 0 N–H and O–H groups in total. The highest BCUT2D eigenvalue weighted by Crippen LogP contribution is 2.29. The van der Waals surface area contributed by atoms with Gasteiger partial charge < -0.3 is 4.90 Å². The lowest BCUT2D eigenvalue weighted by molar-refractivity contribution is 0.0986. The van der Waals surface area contributed by atoms with Crippen LogP contribution in [0.15, 0.2) is 42.9 Å². The molecule has 3 heterocycles. The first-order chi connectivity index (χ1) is 10.7. The van der Waals surface area contributed by atoms with Crippen molar-refractivity contribution in [1.29, 1.82) is 0 Å². The van der Waals surface area contributed by atoms with E-state index < -0.39 is 0 Å². The van der Waals surface area contributed by atoms with Gasteiger partial charge in [0.25, 0.3) is 5.91 Å². The highest BCUT2D eigenvalue weighted by atomic mass is 16.2. The molecule has 1 aliphatic rings. The average Bonchev–Trinajstić information content (AvgIpc) is 2.97. The van der Waals surface area contributed by atoms with Crippen LogP contribution in [0.1, 0.15) is 27.9 Å². The number of rotatable bonds is 1. The zero-order valence-corrected chi connectivity index (χ0v) is 12.4. The predicted octanol–water partition coefficient (Wildman–Crippen LogP) is 2.63. The molecule has 0 unspecified atom stereocenters. The topological polar surface area (TPSA) is 50.5 Å². The van der Waals surface area contributed by atoms with Gasteiger partial charge in [0, 0.05) is 24.6 Å². The minimum Gasteiger partial charge on any atom is -0.308 e. The number of nitrogens with zero attached hydrogens (tertiary/aromatic N) is 4. The molecular weight excluding hydrogens is 276 g/mol. The summed E-state index contributed by atoms with van der Waals surface area (Å²) in [4.78, 5) is 19.1. The molecule has 0 fully saturated rings. The summed E-state index contributed by atoms with van der Waals surface area (Å²) in [5.74, 6) is -0.0292. The van der Waals surface area contributed by atoms with E-state index in [1.807, 2.05) is 11.0 Å². The van der Waals surface area contributed by atoms with Gasteiger partial charge in [-0.3, -0.25) is 4.79 Å². The summed E-state index contributed by atoms with van der Waals surface area (Å²) in [6.07, 6.45) is 7.09. The number of hydrogen-bond acceptors (Lipinski definition) is 3. The summed E-state index contributed by atoms with van der Waals surface area (Å²) in [6, 6.07) is 8.07. The number of carbonyl (C=O) groups excluding carboxylic acids is 1. The smallest absolute Gasteiger partial charge is 0.263 e. The van der Waals surface area contributed by atoms with Crippen molar-refractivity contribution in [3.05, 3.63) is 59.5 Å². The quantitative estimate of drug-likeness (QED) is 0.693. The van der Waals surface area contributed by atoms with Gasteiger partial charge >= 0.3 is 0 Å². The van der Waals surface area contributed by atoms with E-state index in [1.165, 1.54) is 11.1 Å². The second-order valence-corrected chi connectivity index (χ2v) is 5.64. The number of hydrogen-bond donors (Lipinski definition) is 0. The Morgan fingerprint density at radius 1 is 1.32 bits per heavy atom. The van der Waals surface area contributed by atoms with Gasteiger partial charge in [0.2, 0.25) is 0 Å². The summed E-state index contributed by atoms with van der Waals surface area (Å²) < 4.78 is 1.63. The summed E-state index contributed by atoms with van der Waals surface area (Å²) >= 11 is 0. The first-order valence-corrected chi connectivity index (χ1v) is 7.44. The first kappa shape index (κ1) is 13.0. The molecule has 0 spiro atoms. The van der Waals surface area contributed by atoms with Crippen LogP contribution in [0.25, 0.3) is 5.65 Å². The van der Waals surface area contributed by atoms with Crippen molar-refractivity contribution in [2.24, 2.45) is 0 Å². The molecule has 22 heavy (non-hydrogen) atoms. The lowest BCUT2D eigenvalue weighted by Gasteiger charge is -2.29. The third-order valence-corrected chi connectivity index (χ3v) is 4.11. The van der Waals surface area contributed by atoms with E-state index in [4.69, 9.17) is 0 Å². The van der Waals surface area contributed by atoms with Crippen LogP contribution in [0.4, 0.5) is 5.69 Å². The van der Waals surface area contributed by atoms with Gasteiger partial charge in [-0.25, -0.2) is 9.50 Å². The number of carbonyl (C=O) groups is 1. The third kappa shape index (κ3) is 1.97. The maximum absolute atomic E-state index is 13.0. The molecular formula is C17H16N4O. The lowest BCUT2D eigenvalue weighted by Crippen LogP contribution is -2.35. The van der Waals surface area contributed by atoms with Crippen molar-refractivity contribution >= 4 is 17.2 Å². The standard InChI is InChI=1S/C17H16N4O/c1-12-5-6-15-13(10-12)4-2-8-20(15)17(22)14-11-19-21-9-3-7-18-16(14)21/h3,5-7,9-11H,2,4,8H2,1H3. The minimum absolute atomic E-state index is 0.0292. The van der Waals surface area contributed by atoms with Crippen LogP contribution >= 0.6 is 0 Å². The molecule has 110 valence electrons. The largest absolute Gasteiger partial charge is 0.308 e. The number of fused-ring (bicyclic) bond motifs is 2. The number of benzene rings is 1. The van der Waals surface area contributed by atoms with Crippen LogP contribution in [0, 0.1) is 6.92 Å². The molecule has 3 aromatic rings. The van der Waals surface area contributed by atoms with E-state index in [0.717, 1.165) is 25.1 Å². The van der Waals surface area contributed by atoms with Crippen molar-refractivity contribution in [2.75, 3.05) is 11.4 Å². The summed E-state index contributed by atoms with van der Waals surface area (Å²) in [6.45, 7) is 2.81. The molecule has 5 nitrogen and oxygen atoms in total. The molecule has 2 aromatic heterocycles. The Morgan fingerprint density at radius 2 is 2.23 bits per heavy atom. The normalized spacial score (nSPS) is 14.1. The maximum Gasteiger partial charge on any atom is 0.263 e. The van der Waals surface area contributed by atoms with Crippen LogP contribution in [-0.2, 0) is 6.42 Å². The molecule has 5 heteroatoms. The van der Waals surface area contributed by atoms with E-state index in [1.54, 1.807) is 29.2 Å². The zero-order valence-electron chi connectivity index (χ0n) is 12.4. The van der Waals surface area contributed by atoms with Gasteiger partial charge in [0.15, 0.2) is 5.65 Å². The van der Waals surface area contributed by atoms with Gasteiger partial charge in [0.1, 0.15) is 5.56 Å². The fourth-order valence-corrected chi connectivity index (χ4v) is 3.06. The van der Waals surface area contributed by atoms with E-state index in [9.17, 15) is 4.79 Å². The van der Waals surface area contributed by atoms with Gasteiger partial charge in [-0.2, -0.15) is 5.10 Å². The molecule has 4 rings (SSSR count). The molecule has 0 saturated heterocycles. The molecule has 1 aromatic carbocycles. The Morgan fingerprint density at radius 3 is 3.14 bits per heavy atom. The van der Waals surface area contributed by atoms with Crippen molar-refractivity contribution < 1.29 is 4.79 Å². The highest BCUT2D eigenvalue weighted by molar-refractivity contribution is 6.10. The number of aromatic nitrogens is 3. The van der Waals surface area contributed by atoms with Crippen LogP contribution in [-0.4, -0.2) is 27.0 Å². The zero-order chi connectivity index (χ0) is 15.1. The molecule has 0 aliphatic carbocycles. The summed E-state index contributed by atoms with van der Waals surface area (Å²) in [7, 11) is 0. The molecule has 0 radical (unpaired) electrons. The molecule has 1 amide bonds. The maximum atomic E-state index is 13.0.